The fourth-order valence-electron chi connectivity index (χ4n) is 2.70. The minimum Gasteiger partial charge on any atom is -0.388 e. The van der Waals surface area contributed by atoms with Gasteiger partial charge in [-0.15, -0.1) is 0 Å². The Balaban J connectivity index is 1.73. The third-order valence-electron chi connectivity index (χ3n) is 3.89. The Hall–Kier alpha value is -2.38. The third-order valence-corrected chi connectivity index (χ3v) is 3.89. The number of nitrogens with zero attached hydrogens (tertiary/aromatic N) is 3. The summed E-state index contributed by atoms with van der Waals surface area (Å²) >= 11 is 0. The van der Waals surface area contributed by atoms with Crippen molar-refractivity contribution in [2.45, 2.75) is 19.1 Å². The number of likely N-dealkylation sites (N-methyl/N-ethyl adjacent to an activating group) is 1. The van der Waals surface area contributed by atoms with Gasteiger partial charge >= 0.3 is 6.03 Å². The SMILES string of the molecule is CCN(C(=O)Nc1cccc(-n2cccn2)c1)C1COCC1O. The van der Waals surface area contributed by atoms with Crippen molar-refractivity contribution in [2.24, 2.45) is 0 Å². The molecule has 3 rings (SSSR count). The zero-order valence-electron chi connectivity index (χ0n) is 12.9. The van der Waals surface area contributed by atoms with E-state index in [1.54, 1.807) is 15.8 Å². The molecule has 2 heterocycles. The van der Waals surface area contributed by atoms with Crippen LogP contribution in [0.5, 0.6) is 0 Å². The summed E-state index contributed by atoms with van der Waals surface area (Å²) < 4.78 is 6.96. The number of urea groups is 1. The molecule has 122 valence electrons. The summed E-state index contributed by atoms with van der Waals surface area (Å²) in [5, 5.41) is 17.0. The molecule has 1 aliphatic rings. The molecular formula is C16H20N4O3. The summed E-state index contributed by atoms with van der Waals surface area (Å²) in [6, 6.07) is 8.71. The molecule has 7 heteroatoms. The number of amides is 2. The number of ether oxygens (including phenoxy) is 1. The van der Waals surface area contributed by atoms with Gasteiger partial charge in [0.15, 0.2) is 0 Å². The minimum atomic E-state index is -0.642. The highest BCUT2D eigenvalue weighted by atomic mass is 16.5. The van der Waals surface area contributed by atoms with Crippen molar-refractivity contribution in [3.8, 4) is 5.69 Å². The summed E-state index contributed by atoms with van der Waals surface area (Å²) in [4.78, 5) is 14.1. The average Bonchev–Trinajstić information content (AvgIpc) is 3.21. The van der Waals surface area contributed by atoms with E-state index in [1.165, 1.54) is 0 Å². The van der Waals surface area contributed by atoms with Crippen LogP contribution >= 0.6 is 0 Å². The summed E-state index contributed by atoms with van der Waals surface area (Å²) in [6.45, 7) is 3.00. The van der Waals surface area contributed by atoms with Crippen LogP contribution in [0.3, 0.4) is 0 Å². The normalized spacial score (nSPS) is 20.4. The Morgan fingerprint density at radius 2 is 2.35 bits per heavy atom. The largest absolute Gasteiger partial charge is 0.388 e. The van der Waals surface area contributed by atoms with E-state index < -0.39 is 6.10 Å². The topological polar surface area (TPSA) is 79.6 Å². The van der Waals surface area contributed by atoms with Gasteiger partial charge in [0, 0.05) is 24.6 Å². The van der Waals surface area contributed by atoms with E-state index in [1.807, 2.05) is 43.5 Å². The molecule has 1 aromatic heterocycles. The van der Waals surface area contributed by atoms with Crippen LogP contribution in [0.15, 0.2) is 42.7 Å². The number of carbonyl (C=O) groups is 1. The van der Waals surface area contributed by atoms with Crippen LogP contribution in [0.4, 0.5) is 10.5 Å². The summed E-state index contributed by atoms with van der Waals surface area (Å²) in [5.41, 5.74) is 1.54. The van der Waals surface area contributed by atoms with Gasteiger partial charge in [0.2, 0.25) is 0 Å². The van der Waals surface area contributed by atoms with Crippen molar-refractivity contribution in [2.75, 3.05) is 25.1 Å². The lowest BCUT2D eigenvalue weighted by Crippen LogP contribution is -2.48. The first-order chi connectivity index (χ1) is 11.2. The van der Waals surface area contributed by atoms with E-state index in [2.05, 4.69) is 10.4 Å². The van der Waals surface area contributed by atoms with Crippen LogP contribution in [0.25, 0.3) is 5.69 Å². The molecule has 0 bridgehead atoms. The number of hydrogen-bond acceptors (Lipinski definition) is 4. The maximum absolute atomic E-state index is 12.5. The maximum Gasteiger partial charge on any atom is 0.322 e. The molecule has 2 amide bonds. The number of aliphatic hydroxyl groups is 1. The van der Waals surface area contributed by atoms with Crippen LogP contribution in [0, 0.1) is 0 Å². The van der Waals surface area contributed by atoms with Gasteiger partial charge in [0.1, 0.15) is 0 Å². The monoisotopic (exact) mass is 316 g/mol. The Labute approximate surface area is 134 Å². The molecule has 0 radical (unpaired) electrons. The van der Waals surface area contributed by atoms with E-state index in [4.69, 9.17) is 4.74 Å². The first-order valence-electron chi connectivity index (χ1n) is 7.62. The number of aliphatic hydroxyl groups excluding tert-OH is 1. The lowest BCUT2D eigenvalue weighted by atomic mass is 10.2. The van der Waals surface area contributed by atoms with Gasteiger partial charge in [-0.25, -0.2) is 9.48 Å². The molecule has 1 saturated heterocycles. The van der Waals surface area contributed by atoms with Crippen molar-refractivity contribution in [1.29, 1.82) is 0 Å². The number of hydrogen-bond donors (Lipinski definition) is 2. The number of benzene rings is 1. The average molecular weight is 316 g/mol. The highest BCUT2D eigenvalue weighted by Gasteiger charge is 2.33. The first-order valence-corrected chi connectivity index (χ1v) is 7.62. The molecule has 23 heavy (non-hydrogen) atoms. The molecule has 2 N–H and O–H groups in total. The lowest BCUT2D eigenvalue weighted by molar-refractivity contribution is 0.1000. The van der Waals surface area contributed by atoms with Crippen molar-refractivity contribution in [1.82, 2.24) is 14.7 Å². The fourth-order valence-corrected chi connectivity index (χ4v) is 2.70. The van der Waals surface area contributed by atoms with Gasteiger partial charge in [-0.05, 0) is 31.2 Å². The highest BCUT2D eigenvalue weighted by molar-refractivity contribution is 5.89. The van der Waals surface area contributed by atoms with E-state index in [-0.39, 0.29) is 18.7 Å². The summed E-state index contributed by atoms with van der Waals surface area (Å²) in [5.74, 6) is 0. The molecule has 7 nitrogen and oxygen atoms in total. The number of carbonyl (C=O) groups excluding carboxylic acids is 1. The van der Waals surface area contributed by atoms with Crippen LogP contribution < -0.4 is 5.32 Å². The van der Waals surface area contributed by atoms with Crippen molar-refractivity contribution in [3.63, 3.8) is 0 Å². The quantitative estimate of drug-likeness (QED) is 0.895. The van der Waals surface area contributed by atoms with Crippen LogP contribution in [0.1, 0.15) is 6.92 Å². The van der Waals surface area contributed by atoms with Crippen LogP contribution in [0.2, 0.25) is 0 Å². The second-order valence-electron chi connectivity index (χ2n) is 5.39. The fraction of sp³-hybridized carbons (Fsp3) is 0.375. The minimum absolute atomic E-state index is 0.250. The Bertz CT molecular complexity index is 659. The zero-order valence-corrected chi connectivity index (χ0v) is 12.9. The van der Waals surface area contributed by atoms with Crippen molar-refractivity contribution < 1.29 is 14.6 Å². The molecule has 1 aromatic carbocycles. The van der Waals surface area contributed by atoms with Gasteiger partial charge in [-0.3, -0.25) is 0 Å². The second kappa shape index (κ2) is 6.80. The first kappa shape index (κ1) is 15.5. The molecule has 0 spiro atoms. The molecule has 0 saturated carbocycles. The predicted molar refractivity (Wildman–Crippen MR) is 85.6 cm³/mol. The number of nitrogens with one attached hydrogen (secondary N) is 1. The smallest absolute Gasteiger partial charge is 0.322 e. The van der Waals surface area contributed by atoms with Crippen molar-refractivity contribution >= 4 is 11.7 Å². The van der Waals surface area contributed by atoms with Crippen LogP contribution in [-0.2, 0) is 4.74 Å². The summed E-state index contributed by atoms with van der Waals surface area (Å²) in [7, 11) is 0. The van der Waals surface area contributed by atoms with E-state index >= 15 is 0 Å². The molecule has 1 fully saturated rings. The lowest BCUT2D eigenvalue weighted by Gasteiger charge is -2.28. The van der Waals surface area contributed by atoms with Crippen molar-refractivity contribution in [3.05, 3.63) is 42.7 Å². The zero-order chi connectivity index (χ0) is 16.2. The maximum atomic E-state index is 12.5. The van der Waals surface area contributed by atoms with Gasteiger partial charge in [0.25, 0.3) is 0 Å². The molecular weight excluding hydrogens is 296 g/mol. The third kappa shape index (κ3) is 3.35. The second-order valence-corrected chi connectivity index (χ2v) is 5.39. The van der Waals surface area contributed by atoms with Gasteiger partial charge in [0.05, 0.1) is 31.0 Å². The van der Waals surface area contributed by atoms with Crippen LogP contribution in [-0.4, -0.2) is 57.7 Å². The highest BCUT2D eigenvalue weighted by Crippen LogP contribution is 2.17. The van der Waals surface area contributed by atoms with E-state index in [0.29, 0.717) is 18.8 Å². The summed E-state index contributed by atoms with van der Waals surface area (Å²) in [6.07, 6.45) is 2.90. The van der Waals surface area contributed by atoms with Gasteiger partial charge in [-0.1, -0.05) is 6.07 Å². The Morgan fingerprint density at radius 1 is 1.48 bits per heavy atom. The standard InChI is InChI=1S/C16H20N4O3/c1-2-19(14-10-23-11-15(14)21)16(22)18-12-5-3-6-13(9-12)20-8-4-7-17-20/h3-9,14-15,21H,2,10-11H2,1H3,(H,18,22). The van der Waals surface area contributed by atoms with E-state index in [9.17, 15) is 9.90 Å². The Morgan fingerprint density at radius 3 is 3.00 bits per heavy atom. The van der Waals surface area contributed by atoms with E-state index in [0.717, 1.165) is 5.69 Å². The Kier molecular flexibility index (Phi) is 4.59. The molecule has 0 aliphatic carbocycles. The molecule has 1 aliphatic heterocycles. The molecule has 2 aromatic rings. The number of aromatic nitrogens is 2. The number of anilines is 1. The predicted octanol–water partition coefficient (Wildman–Crippen LogP) is 1.49. The molecule has 2 atom stereocenters. The molecule has 2 unspecified atom stereocenters. The van der Waals surface area contributed by atoms with Gasteiger partial charge < -0.3 is 20.1 Å². The van der Waals surface area contributed by atoms with Gasteiger partial charge in [-0.2, -0.15) is 5.10 Å². The number of rotatable bonds is 4.